The number of amides is 1. The molecule has 0 N–H and O–H groups in total. The zero-order valence-corrected chi connectivity index (χ0v) is 18.4. The Bertz CT molecular complexity index is 956. The van der Waals surface area contributed by atoms with Gasteiger partial charge in [-0.1, -0.05) is 35.9 Å². The van der Waals surface area contributed by atoms with Crippen molar-refractivity contribution in [3.8, 4) is 0 Å². The summed E-state index contributed by atoms with van der Waals surface area (Å²) in [7, 11) is -3.12. The predicted molar refractivity (Wildman–Crippen MR) is 118 cm³/mol. The molecular formula is C22H27ClN2O3S. The average molecular weight is 435 g/mol. The Hall–Kier alpha value is -2.05. The zero-order chi connectivity index (χ0) is 21.0. The van der Waals surface area contributed by atoms with Gasteiger partial charge < -0.3 is 9.80 Å². The van der Waals surface area contributed by atoms with E-state index in [2.05, 4.69) is 18.7 Å². The Morgan fingerprint density at radius 1 is 1.07 bits per heavy atom. The van der Waals surface area contributed by atoms with Gasteiger partial charge in [0, 0.05) is 31.4 Å². The van der Waals surface area contributed by atoms with E-state index in [4.69, 9.17) is 11.6 Å². The van der Waals surface area contributed by atoms with Crippen LogP contribution in [0.15, 0.2) is 48.5 Å². The molecule has 7 heteroatoms. The lowest BCUT2D eigenvalue weighted by molar-refractivity contribution is 0.0681. The molecule has 1 atom stereocenters. The molecule has 1 amide bonds. The van der Waals surface area contributed by atoms with Gasteiger partial charge in [0.2, 0.25) is 0 Å². The Morgan fingerprint density at radius 2 is 1.72 bits per heavy atom. The number of nitrogens with zero attached hydrogens (tertiary/aromatic N) is 2. The fraction of sp³-hybridized carbons (Fsp3) is 0.409. The van der Waals surface area contributed by atoms with Gasteiger partial charge in [-0.2, -0.15) is 0 Å². The Balaban J connectivity index is 1.88. The van der Waals surface area contributed by atoms with Gasteiger partial charge in [-0.25, -0.2) is 8.42 Å². The molecule has 1 fully saturated rings. The second kappa shape index (κ2) is 9.18. The highest BCUT2D eigenvalue weighted by Gasteiger charge is 2.35. The smallest absolute Gasteiger partial charge is 0.255 e. The molecule has 156 valence electrons. The van der Waals surface area contributed by atoms with E-state index < -0.39 is 9.84 Å². The lowest BCUT2D eigenvalue weighted by Crippen LogP contribution is -2.40. The van der Waals surface area contributed by atoms with Gasteiger partial charge in [-0.15, -0.1) is 0 Å². The van der Waals surface area contributed by atoms with Gasteiger partial charge in [0.1, 0.15) is 0 Å². The van der Waals surface area contributed by atoms with Crippen LogP contribution in [0.4, 0.5) is 5.69 Å². The molecule has 1 aliphatic rings. The SMILES string of the molecule is CCN(CC)c1ccc(CN(C(=O)c2ccccc2Cl)C2CCS(=O)(=O)C2)cc1. The Kier molecular flexibility index (Phi) is 6.85. The molecule has 1 heterocycles. The van der Waals surface area contributed by atoms with E-state index in [1.54, 1.807) is 29.2 Å². The minimum atomic E-state index is -3.12. The number of carbonyl (C=O) groups is 1. The summed E-state index contributed by atoms with van der Waals surface area (Å²) in [5.74, 6) is -0.114. The van der Waals surface area contributed by atoms with Crippen molar-refractivity contribution in [2.75, 3.05) is 29.5 Å². The fourth-order valence-electron chi connectivity index (χ4n) is 3.77. The summed E-state index contributed by atoms with van der Waals surface area (Å²) >= 11 is 6.25. The van der Waals surface area contributed by atoms with Gasteiger partial charge >= 0.3 is 0 Å². The largest absolute Gasteiger partial charge is 0.372 e. The summed E-state index contributed by atoms with van der Waals surface area (Å²) in [6, 6.07) is 14.7. The van der Waals surface area contributed by atoms with Gasteiger partial charge in [0.15, 0.2) is 9.84 Å². The number of hydrogen-bond acceptors (Lipinski definition) is 4. The lowest BCUT2D eigenvalue weighted by Gasteiger charge is -2.29. The van der Waals surface area contributed by atoms with Crippen molar-refractivity contribution < 1.29 is 13.2 Å². The highest BCUT2D eigenvalue weighted by molar-refractivity contribution is 7.91. The first-order valence-electron chi connectivity index (χ1n) is 9.94. The first-order valence-corrected chi connectivity index (χ1v) is 12.1. The molecule has 0 saturated carbocycles. The molecular weight excluding hydrogens is 408 g/mol. The zero-order valence-electron chi connectivity index (χ0n) is 16.8. The molecule has 0 spiro atoms. The van der Waals surface area contributed by atoms with Crippen molar-refractivity contribution >= 4 is 33.0 Å². The molecule has 0 aromatic heterocycles. The molecule has 0 aliphatic carbocycles. The van der Waals surface area contributed by atoms with E-state index in [-0.39, 0.29) is 23.5 Å². The van der Waals surface area contributed by atoms with Gasteiger partial charge in [0.25, 0.3) is 5.91 Å². The molecule has 1 saturated heterocycles. The van der Waals surface area contributed by atoms with Crippen LogP contribution in [0.5, 0.6) is 0 Å². The second-order valence-electron chi connectivity index (χ2n) is 7.31. The van der Waals surface area contributed by atoms with Crippen LogP contribution in [-0.4, -0.2) is 49.9 Å². The van der Waals surface area contributed by atoms with Crippen molar-refractivity contribution in [2.24, 2.45) is 0 Å². The van der Waals surface area contributed by atoms with Crippen LogP contribution < -0.4 is 4.90 Å². The van der Waals surface area contributed by atoms with Crippen LogP contribution in [0.3, 0.4) is 0 Å². The molecule has 0 radical (unpaired) electrons. The first kappa shape index (κ1) is 21.7. The van der Waals surface area contributed by atoms with Crippen LogP contribution >= 0.6 is 11.6 Å². The van der Waals surface area contributed by atoms with Crippen molar-refractivity contribution in [3.63, 3.8) is 0 Å². The summed E-state index contributed by atoms with van der Waals surface area (Å²) in [4.78, 5) is 17.2. The third-order valence-electron chi connectivity index (χ3n) is 5.43. The van der Waals surface area contributed by atoms with Crippen molar-refractivity contribution in [3.05, 3.63) is 64.7 Å². The van der Waals surface area contributed by atoms with Crippen molar-refractivity contribution in [1.82, 2.24) is 4.90 Å². The molecule has 1 aliphatic heterocycles. The third kappa shape index (κ3) is 5.11. The van der Waals surface area contributed by atoms with Crippen LogP contribution in [0.1, 0.15) is 36.2 Å². The monoisotopic (exact) mass is 434 g/mol. The normalized spacial score (nSPS) is 17.8. The molecule has 2 aromatic carbocycles. The highest BCUT2D eigenvalue weighted by atomic mass is 35.5. The number of hydrogen-bond donors (Lipinski definition) is 0. The second-order valence-corrected chi connectivity index (χ2v) is 9.94. The molecule has 0 bridgehead atoms. The number of carbonyl (C=O) groups excluding carboxylic acids is 1. The number of benzene rings is 2. The van der Waals surface area contributed by atoms with Crippen molar-refractivity contribution in [1.29, 1.82) is 0 Å². The molecule has 1 unspecified atom stereocenters. The van der Waals surface area contributed by atoms with Crippen LogP contribution in [0, 0.1) is 0 Å². The van der Waals surface area contributed by atoms with E-state index >= 15 is 0 Å². The molecule has 5 nitrogen and oxygen atoms in total. The molecule has 29 heavy (non-hydrogen) atoms. The number of anilines is 1. The summed E-state index contributed by atoms with van der Waals surface area (Å²) in [6.45, 7) is 6.42. The summed E-state index contributed by atoms with van der Waals surface area (Å²) in [5, 5.41) is 0.375. The van der Waals surface area contributed by atoms with Gasteiger partial charge in [-0.3, -0.25) is 4.79 Å². The van der Waals surface area contributed by atoms with E-state index in [1.807, 2.05) is 24.3 Å². The maximum atomic E-state index is 13.3. The van der Waals surface area contributed by atoms with E-state index in [0.717, 1.165) is 24.3 Å². The maximum absolute atomic E-state index is 13.3. The predicted octanol–water partition coefficient (Wildman–Crippen LogP) is 4.02. The number of rotatable bonds is 7. The van der Waals surface area contributed by atoms with Crippen LogP contribution in [0.2, 0.25) is 5.02 Å². The minimum absolute atomic E-state index is 0.000718. The average Bonchev–Trinajstić information content (AvgIpc) is 3.07. The Morgan fingerprint density at radius 3 is 2.28 bits per heavy atom. The van der Waals surface area contributed by atoms with E-state index in [9.17, 15) is 13.2 Å². The topological polar surface area (TPSA) is 57.7 Å². The summed E-state index contributed by atoms with van der Waals surface area (Å²) in [5.41, 5.74) is 2.50. The third-order valence-corrected chi connectivity index (χ3v) is 7.51. The van der Waals surface area contributed by atoms with Crippen LogP contribution in [-0.2, 0) is 16.4 Å². The highest BCUT2D eigenvalue weighted by Crippen LogP contribution is 2.26. The van der Waals surface area contributed by atoms with Gasteiger partial charge in [0.05, 0.1) is 22.1 Å². The quantitative estimate of drug-likeness (QED) is 0.660. The van der Waals surface area contributed by atoms with Gasteiger partial charge in [-0.05, 0) is 50.1 Å². The Labute approximate surface area is 178 Å². The van der Waals surface area contributed by atoms with E-state index in [1.165, 1.54) is 0 Å². The number of halogens is 1. The first-order chi connectivity index (χ1) is 13.8. The number of sulfone groups is 1. The standard InChI is InChI=1S/C22H27ClN2O3S/c1-3-24(4-2)18-11-9-17(10-12-18)15-25(19-13-14-29(27,28)16-19)22(26)20-7-5-6-8-21(20)23/h5-12,19H,3-4,13-16H2,1-2H3. The minimum Gasteiger partial charge on any atom is -0.372 e. The lowest BCUT2D eigenvalue weighted by atomic mass is 10.1. The fourth-order valence-corrected chi connectivity index (χ4v) is 5.72. The summed E-state index contributed by atoms with van der Waals surface area (Å²) in [6.07, 6.45) is 0.454. The van der Waals surface area contributed by atoms with Crippen molar-refractivity contribution in [2.45, 2.75) is 32.9 Å². The van der Waals surface area contributed by atoms with E-state index in [0.29, 0.717) is 23.6 Å². The maximum Gasteiger partial charge on any atom is 0.255 e. The molecule has 2 aromatic rings. The summed E-state index contributed by atoms with van der Waals surface area (Å²) < 4.78 is 24.1. The van der Waals surface area contributed by atoms with Crippen LogP contribution in [0.25, 0.3) is 0 Å². The molecule has 3 rings (SSSR count).